The average molecular weight is 312 g/mol. The maximum absolute atomic E-state index is 12.6. The predicted octanol–water partition coefficient (Wildman–Crippen LogP) is 2.77. The molecule has 0 aliphatic carbocycles. The third-order valence-corrected chi connectivity index (χ3v) is 3.94. The molecule has 6 heteroatoms. The molecule has 1 aromatic heterocycles. The summed E-state index contributed by atoms with van der Waals surface area (Å²) >= 11 is 0. The Bertz CT molecular complexity index is 696. The molecule has 3 rings (SSSR count). The Morgan fingerprint density at radius 3 is 2.91 bits per heavy atom. The van der Waals surface area contributed by atoms with Gasteiger partial charge < -0.3 is 10.1 Å². The largest absolute Gasteiger partial charge is 0.465 e. The summed E-state index contributed by atoms with van der Waals surface area (Å²) in [7, 11) is 0. The second-order valence-corrected chi connectivity index (χ2v) is 5.53. The molecule has 0 spiro atoms. The van der Waals surface area contributed by atoms with E-state index in [4.69, 9.17) is 4.74 Å². The van der Waals surface area contributed by atoms with E-state index in [2.05, 4.69) is 28.9 Å². The van der Waals surface area contributed by atoms with E-state index in [-0.39, 0.29) is 12.0 Å². The highest BCUT2D eigenvalue weighted by molar-refractivity contribution is 5.79. The van der Waals surface area contributed by atoms with Gasteiger partial charge in [0.2, 0.25) is 5.95 Å². The number of hydrogen-bond acceptors (Lipinski definition) is 5. The van der Waals surface area contributed by atoms with Gasteiger partial charge in [-0.2, -0.15) is 10.1 Å². The Hall–Kier alpha value is -2.63. The molecule has 0 bridgehead atoms. The number of carbonyl (C=O) groups is 1. The molecule has 1 N–H and O–H groups in total. The highest BCUT2D eigenvalue weighted by Gasteiger charge is 2.40. The van der Waals surface area contributed by atoms with Gasteiger partial charge in [0, 0.05) is 5.70 Å². The molecule has 0 saturated heterocycles. The first kappa shape index (κ1) is 15.3. The summed E-state index contributed by atoms with van der Waals surface area (Å²) in [6.07, 6.45) is 3.30. The van der Waals surface area contributed by atoms with Crippen LogP contribution in [0.2, 0.25) is 0 Å². The van der Waals surface area contributed by atoms with Crippen molar-refractivity contribution < 1.29 is 9.53 Å². The summed E-state index contributed by atoms with van der Waals surface area (Å²) in [4.78, 5) is 16.8. The quantitative estimate of drug-likeness (QED) is 0.679. The number of rotatable bonds is 5. The van der Waals surface area contributed by atoms with Crippen LogP contribution in [-0.2, 0) is 9.53 Å². The lowest BCUT2D eigenvalue weighted by atomic mass is 9.89. The van der Waals surface area contributed by atoms with Crippen LogP contribution < -0.4 is 5.32 Å². The van der Waals surface area contributed by atoms with Crippen LogP contribution in [-0.4, -0.2) is 27.3 Å². The average Bonchev–Trinajstić information content (AvgIpc) is 3.02. The third-order valence-electron chi connectivity index (χ3n) is 3.94. The molecule has 0 saturated carbocycles. The SMILES string of the molecule is C=C1Nc2ncnn2[C@@H](c2ccccc2)[C@@H]1C(=O)OCCCC. The van der Waals surface area contributed by atoms with E-state index < -0.39 is 5.92 Å². The fraction of sp³-hybridized carbons (Fsp3) is 0.353. The summed E-state index contributed by atoms with van der Waals surface area (Å²) in [5.41, 5.74) is 1.56. The van der Waals surface area contributed by atoms with Crippen LogP contribution in [0, 0.1) is 5.92 Å². The van der Waals surface area contributed by atoms with E-state index in [1.165, 1.54) is 6.33 Å². The molecule has 0 radical (unpaired) electrons. The van der Waals surface area contributed by atoms with Gasteiger partial charge in [0.15, 0.2) is 0 Å². The lowest BCUT2D eigenvalue weighted by Crippen LogP contribution is -2.37. The van der Waals surface area contributed by atoms with Gasteiger partial charge in [0.05, 0.1) is 12.6 Å². The summed E-state index contributed by atoms with van der Waals surface area (Å²) in [6.45, 7) is 6.49. The van der Waals surface area contributed by atoms with Crippen LogP contribution in [0.3, 0.4) is 0 Å². The van der Waals surface area contributed by atoms with Gasteiger partial charge >= 0.3 is 5.97 Å². The zero-order valence-electron chi connectivity index (χ0n) is 13.1. The van der Waals surface area contributed by atoms with Crippen molar-refractivity contribution in [2.24, 2.45) is 5.92 Å². The lowest BCUT2D eigenvalue weighted by molar-refractivity contribution is -0.148. The second-order valence-electron chi connectivity index (χ2n) is 5.53. The summed E-state index contributed by atoms with van der Waals surface area (Å²) in [5.74, 6) is -0.240. The maximum Gasteiger partial charge on any atom is 0.317 e. The third kappa shape index (κ3) is 2.97. The van der Waals surface area contributed by atoms with E-state index in [1.54, 1.807) is 4.68 Å². The topological polar surface area (TPSA) is 69.0 Å². The molecule has 1 aromatic carbocycles. The highest BCUT2D eigenvalue weighted by atomic mass is 16.5. The van der Waals surface area contributed by atoms with Gasteiger partial charge in [-0.05, 0) is 12.0 Å². The standard InChI is InChI=1S/C17H20N4O2/c1-3-4-10-23-16(22)14-12(2)20-17-18-11-19-21(17)15(14)13-8-6-5-7-9-13/h5-9,11,14-15H,2-4,10H2,1H3,(H,18,19,20)/t14-,15+/m1/s1. The number of carbonyl (C=O) groups excluding carboxylic acids is 1. The maximum atomic E-state index is 12.6. The molecule has 0 fully saturated rings. The van der Waals surface area contributed by atoms with Crippen molar-refractivity contribution in [3.05, 3.63) is 54.5 Å². The van der Waals surface area contributed by atoms with Crippen LogP contribution in [0.1, 0.15) is 31.4 Å². The van der Waals surface area contributed by atoms with Crippen molar-refractivity contribution in [2.75, 3.05) is 11.9 Å². The van der Waals surface area contributed by atoms with Crippen molar-refractivity contribution in [3.8, 4) is 0 Å². The minimum atomic E-state index is -0.538. The normalized spacial score (nSPS) is 19.8. The van der Waals surface area contributed by atoms with Crippen molar-refractivity contribution in [1.29, 1.82) is 0 Å². The molecular formula is C17H20N4O2. The number of ether oxygens (including phenoxy) is 1. The van der Waals surface area contributed by atoms with Gasteiger partial charge in [-0.3, -0.25) is 4.79 Å². The monoisotopic (exact) mass is 312 g/mol. The van der Waals surface area contributed by atoms with Gasteiger partial charge in [-0.15, -0.1) is 0 Å². The minimum Gasteiger partial charge on any atom is -0.465 e. The fourth-order valence-corrected chi connectivity index (χ4v) is 2.76. The number of nitrogens with one attached hydrogen (secondary N) is 1. The Balaban J connectivity index is 1.95. The summed E-state index contributed by atoms with van der Waals surface area (Å²) in [6, 6.07) is 9.46. The fourth-order valence-electron chi connectivity index (χ4n) is 2.76. The summed E-state index contributed by atoms with van der Waals surface area (Å²) < 4.78 is 7.15. The molecule has 120 valence electrons. The van der Waals surface area contributed by atoms with Gasteiger partial charge in [0.1, 0.15) is 12.2 Å². The molecule has 6 nitrogen and oxygen atoms in total. The Labute approximate surface area is 135 Å². The number of esters is 1. The Morgan fingerprint density at radius 1 is 1.39 bits per heavy atom. The summed E-state index contributed by atoms with van der Waals surface area (Å²) in [5, 5.41) is 7.33. The number of hydrogen-bond donors (Lipinski definition) is 1. The van der Waals surface area contributed by atoms with Crippen molar-refractivity contribution in [2.45, 2.75) is 25.8 Å². The van der Waals surface area contributed by atoms with E-state index in [0.29, 0.717) is 18.3 Å². The van der Waals surface area contributed by atoms with E-state index in [1.807, 2.05) is 30.3 Å². The molecule has 2 heterocycles. The first-order valence-electron chi connectivity index (χ1n) is 7.79. The molecule has 0 amide bonds. The van der Waals surface area contributed by atoms with Crippen molar-refractivity contribution in [1.82, 2.24) is 14.8 Å². The molecular weight excluding hydrogens is 292 g/mol. The highest BCUT2D eigenvalue weighted by Crippen LogP contribution is 2.37. The minimum absolute atomic E-state index is 0.286. The van der Waals surface area contributed by atoms with Gasteiger partial charge in [-0.1, -0.05) is 50.3 Å². The number of unbranched alkanes of at least 4 members (excludes halogenated alkanes) is 1. The van der Waals surface area contributed by atoms with Gasteiger partial charge in [-0.25, -0.2) is 4.68 Å². The molecule has 1 aliphatic heterocycles. The number of nitrogens with zero attached hydrogens (tertiary/aromatic N) is 3. The van der Waals surface area contributed by atoms with E-state index >= 15 is 0 Å². The lowest BCUT2D eigenvalue weighted by Gasteiger charge is -2.33. The van der Waals surface area contributed by atoms with Crippen LogP contribution in [0.25, 0.3) is 0 Å². The van der Waals surface area contributed by atoms with Crippen LogP contribution in [0.4, 0.5) is 5.95 Å². The van der Waals surface area contributed by atoms with E-state index in [0.717, 1.165) is 18.4 Å². The zero-order valence-corrected chi connectivity index (χ0v) is 13.1. The van der Waals surface area contributed by atoms with Crippen molar-refractivity contribution in [3.63, 3.8) is 0 Å². The predicted molar refractivity (Wildman–Crippen MR) is 86.7 cm³/mol. The molecule has 0 unspecified atom stereocenters. The molecule has 23 heavy (non-hydrogen) atoms. The van der Waals surface area contributed by atoms with Crippen LogP contribution in [0.15, 0.2) is 48.9 Å². The molecule has 2 atom stereocenters. The Kier molecular flexibility index (Phi) is 4.41. The number of anilines is 1. The van der Waals surface area contributed by atoms with Crippen molar-refractivity contribution >= 4 is 11.9 Å². The van der Waals surface area contributed by atoms with Crippen LogP contribution in [0.5, 0.6) is 0 Å². The smallest absolute Gasteiger partial charge is 0.317 e. The zero-order chi connectivity index (χ0) is 16.2. The van der Waals surface area contributed by atoms with Gasteiger partial charge in [0.25, 0.3) is 0 Å². The Morgan fingerprint density at radius 2 is 2.17 bits per heavy atom. The number of aromatic nitrogens is 3. The number of benzene rings is 1. The number of fused-ring (bicyclic) bond motifs is 1. The second kappa shape index (κ2) is 6.64. The molecule has 1 aliphatic rings. The first-order chi connectivity index (χ1) is 11.2. The molecule has 2 aromatic rings. The van der Waals surface area contributed by atoms with E-state index in [9.17, 15) is 4.79 Å². The van der Waals surface area contributed by atoms with Crippen LogP contribution >= 0.6 is 0 Å². The first-order valence-corrected chi connectivity index (χ1v) is 7.79.